The van der Waals surface area contributed by atoms with Crippen molar-refractivity contribution in [3.05, 3.63) is 59.2 Å². The smallest absolute Gasteiger partial charge is 0.370 e. The maximum Gasteiger partial charge on any atom is 0.416 e. The minimum Gasteiger partial charge on any atom is -0.370 e. The Kier molecular flexibility index (Phi) is 6.44. The van der Waals surface area contributed by atoms with E-state index in [1.54, 1.807) is 27.7 Å². The van der Waals surface area contributed by atoms with Crippen LogP contribution in [0.25, 0.3) is 11.0 Å². The summed E-state index contributed by atoms with van der Waals surface area (Å²) in [7, 11) is -3.17. The van der Waals surface area contributed by atoms with E-state index in [1.807, 2.05) is 0 Å². The number of nitrogens with one attached hydrogen (secondary N) is 1. The van der Waals surface area contributed by atoms with Crippen LogP contribution >= 0.6 is 0 Å². The number of ether oxygens (including phenoxy) is 1. The molecule has 0 unspecified atom stereocenters. The molecule has 0 atom stereocenters. The van der Waals surface area contributed by atoms with Crippen LogP contribution in [0.15, 0.2) is 47.5 Å². The van der Waals surface area contributed by atoms with Gasteiger partial charge in [-0.25, -0.2) is 8.42 Å². The summed E-state index contributed by atoms with van der Waals surface area (Å²) in [5, 5.41) is 0. The van der Waals surface area contributed by atoms with Gasteiger partial charge < -0.3 is 19.2 Å². The molecule has 196 valence electrons. The van der Waals surface area contributed by atoms with Gasteiger partial charge in [0.15, 0.2) is 0 Å². The van der Waals surface area contributed by atoms with Gasteiger partial charge in [0.1, 0.15) is 16.4 Å². The van der Waals surface area contributed by atoms with E-state index in [-0.39, 0.29) is 41.2 Å². The molecule has 2 saturated heterocycles. The Bertz CT molecular complexity index is 1540. The molecule has 9 nitrogen and oxygen atoms in total. The lowest BCUT2D eigenvalue weighted by Crippen LogP contribution is -2.41. The molecule has 2 aromatic carbocycles. The predicted molar refractivity (Wildman–Crippen MR) is 128 cm³/mol. The minimum atomic E-state index is -4.61. The molecule has 5 rings (SSSR count). The van der Waals surface area contributed by atoms with Gasteiger partial charge >= 0.3 is 6.18 Å². The van der Waals surface area contributed by atoms with E-state index in [0.717, 1.165) is 18.2 Å². The molecule has 2 aliphatic rings. The van der Waals surface area contributed by atoms with Gasteiger partial charge in [-0.3, -0.25) is 9.59 Å². The third-order valence-electron chi connectivity index (χ3n) is 6.55. The summed E-state index contributed by atoms with van der Waals surface area (Å²) in [6.07, 6.45) is -4.02. The molecule has 0 spiro atoms. The number of imidazole rings is 1. The number of anilines is 1. The number of amides is 2. The Morgan fingerprint density at radius 2 is 1.86 bits per heavy atom. The summed E-state index contributed by atoms with van der Waals surface area (Å²) < 4.78 is 70.4. The van der Waals surface area contributed by atoms with Crippen molar-refractivity contribution in [2.75, 3.05) is 36.2 Å². The van der Waals surface area contributed by atoms with Crippen LogP contribution in [0.4, 0.5) is 18.9 Å². The number of sulfone groups is 1. The number of fused-ring (bicyclic) bond motifs is 1. The number of halogens is 3. The number of H-pyrrole nitrogens is 1. The summed E-state index contributed by atoms with van der Waals surface area (Å²) in [4.78, 5) is 34.0. The lowest BCUT2D eigenvalue weighted by molar-refractivity contribution is -0.137. The van der Waals surface area contributed by atoms with Crippen LogP contribution in [0.2, 0.25) is 0 Å². The second-order valence-corrected chi connectivity index (χ2v) is 11.3. The first-order valence-electron chi connectivity index (χ1n) is 11.6. The molecular weight excluding hydrogens is 513 g/mol. The Balaban J connectivity index is 1.60. The number of hydrogen-bond donors (Lipinski definition) is 1. The number of carbonyl (C=O) groups excluding carboxylic acids is 2. The average molecular weight is 537 g/mol. The predicted octanol–water partition coefficient (Wildman–Crippen LogP) is 2.84. The molecule has 1 N–H and O–H groups in total. The van der Waals surface area contributed by atoms with Crippen LogP contribution in [0.1, 0.15) is 34.8 Å². The zero-order chi connectivity index (χ0) is 26.4. The highest BCUT2D eigenvalue weighted by molar-refractivity contribution is 7.91. The number of hydrogen-bond acceptors (Lipinski definition) is 5. The lowest BCUT2D eigenvalue weighted by Gasteiger charge is -2.27. The maximum atomic E-state index is 13.1. The van der Waals surface area contributed by atoms with E-state index in [1.165, 1.54) is 6.07 Å². The van der Waals surface area contributed by atoms with Crippen molar-refractivity contribution >= 4 is 38.4 Å². The van der Waals surface area contributed by atoms with Gasteiger partial charge in [-0.15, -0.1) is 0 Å². The SMILES string of the molecule is O=C(/N=c1\[nH]c2cc(N3CCOCC3=O)ccc2n1C1CCS(=O)(=O)CC1)c1cccc(C(F)(F)F)c1. The summed E-state index contributed by atoms with van der Waals surface area (Å²) in [5.74, 6) is -1.14. The van der Waals surface area contributed by atoms with Crippen molar-refractivity contribution in [3.63, 3.8) is 0 Å². The Hall–Kier alpha value is -3.45. The van der Waals surface area contributed by atoms with Crippen molar-refractivity contribution in [1.82, 2.24) is 9.55 Å². The first-order valence-corrected chi connectivity index (χ1v) is 13.4. The van der Waals surface area contributed by atoms with Crippen molar-refractivity contribution in [1.29, 1.82) is 0 Å². The Labute approximate surface area is 209 Å². The molecule has 1 aromatic heterocycles. The molecule has 0 saturated carbocycles. The molecule has 2 fully saturated rings. The van der Waals surface area contributed by atoms with E-state index in [2.05, 4.69) is 9.98 Å². The Morgan fingerprint density at radius 3 is 2.57 bits per heavy atom. The van der Waals surface area contributed by atoms with Gasteiger partial charge in [-0.1, -0.05) is 6.07 Å². The van der Waals surface area contributed by atoms with Crippen LogP contribution in [0, 0.1) is 0 Å². The molecule has 2 aliphatic heterocycles. The van der Waals surface area contributed by atoms with Crippen molar-refractivity contribution in [2.24, 2.45) is 4.99 Å². The third-order valence-corrected chi connectivity index (χ3v) is 8.26. The van der Waals surface area contributed by atoms with Crippen LogP contribution in [0.3, 0.4) is 0 Å². The second kappa shape index (κ2) is 9.45. The van der Waals surface area contributed by atoms with E-state index < -0.39 is 27.5 Å². The molecular formula is C24H23F3N4O5S. The third kappa shape index (κ3) is 5.18. The van der Waals surface area contributed by atoms with Gasteiger partial charge in [-0.2, -0.15) is 18.2 Å². The number of alkyl halides is 3. The standard InChI is InChI=1S/C24H23F3N4O5S/c25-24(26,27)16-3-1-2-15(12-16)22(33)29-23-28-19-13-18(30-8-9-36-14-21(30)32)4-5-20(19)31(23)17-6-10-37(34,35)11-7-17/h1-5,12-13,17H,6-11,14H2,(H,28,29,33). The van der Waals surface area contributed by atoms with Crippen LogP contribution in [-0.2, 0) is 25.5 Å². The number of carbonyl (C=O) groups is 2. The quantitative estimate of drug-likeness (QED) is 0.553. The molecule has 2 amide bonds. The van der Waals surface area contributed by atoms with Crippen molar-refractivity contribution < 1.29 is 35.9 Å². The first kappa shape index (κ1) is 25.2. The number of benzene rings is 2. The number of morpholine rings is 1. The summed E-state index contributed by atoms with van der Waals surface area (Å²) in [6.45, 7) is 0.722. The van der Waals surface area contributed by atoms with E-state index in [9.17, 15) is 31.2 Å². The molecule has 0 radical (unpaired) electrons. The molecule has 37 heavy (non-hydrogen) atoms. The van der Waals surface area contributed by atoms with Crippen LogP contribution in [-0.4, -0.2) is 61.0 Å². The molecule has 0 bridgehead atoms. The average Bonchev–Trinajstić information content (AvgIpc) is 3.21. The molecule has 0 aliphatic carbocycles. The molecule has 3 aromatic rings. The van der Waals surface area contributed by atoms with E-state index >= 15 is 0 Å². The molecule has 13 heteroatoms. The van der Waals surface area contributed by atoms with Crippen molar-refractivity contribution in [3.8, 4) is 0 Å². The minimum absolute atomic E-state index is 0.0291. The second-order valence-electron chi connectivity index (χ2n) is 9.00. The largest absolute Gasteiger partial charge is 0.416 e. The maximum absolute atomic E-state index is 13.1. The fourth-order valence-electron chi connectivity index (χ4n) is 4.66. The number of rotatable bonds is 3. The van der Waals surface area contributed by atoms with Gasteiger partial charge in [0, 0.05) is 23.8 Å². The van der Waals surface area contributed by atoms with Crippen LogP contribution < -0.4 is 10.5 Å². The summed E-state index contributed by atoms with van der Waals surface area (Å²) >= 11 is 0. The van der Waals surface area contributed by atoms with E-state index in [0.29, 0.717) is 42.7 Å². The van der Waals surface area contributed by atoms with Gasteiger partial charge in [0.2, 0.25) is 5.62 Å². The Morgan fingerprint density at radius 1 is 1.11 bits per heavy atom. The highest BCUT2D eigenvalue weighted by Gasteiger charge is 2.31. The zero-order valence-electron chi connectivity index (χ0n) is 19.5. The number of aromatic nitrogens is 2. The summed E-state index contributed by atoms with van der Waals surface area (Å²) in [5.41, 5.74) is 0.676. The van der Waals surface area contributed by atoms with Crippen molar-refractivity contribution in [2.45, 2.75) is 25.1 Å². The monoisotopic (exact) mass is 536 g/mol. The topological polar surface area (TPSA) is 114 Å². The van der Waals surface area contributed by atoms with Gasteiger partial charge in [-0.05, 0) is 49.2 Å². The van der Waals surface area contributed by atoms with Gasteiger partial charge in [0.05, 0.1) is 34.7 Å². The number of aromatic amines is 1. The lowest BCUT2D eigenvalue weighted by atomic mass is 10.1. The normalized spacial score (nSPS) is 19.5. The highest BCUT2D eigenvalue weighted by atomic mass is 32.2. The highest BCUT2D eigenvalue weighted by Crippen LogP contribution is 2.30. The van der Waals surface area contributed by atoms with Gasteiger partial charge in [0.25, 0.3) is 11.8 Å². The fraction of sp³-hybridized carbons (Fsp3) is 0.375. The number of nitrogens with zero attached hydrogens (tertiary/aromatic N) is 3. The zero-order valence-corrected chi connectivity index (χ0v) is 20.3. The fourth-order valence-corrected chi connectivity index (χ4v) is 6.13. The summed E-state index contributed by atoms with van der Waals surface area (Å²) in [6, 6.07) is 8.93. The van der Waals surface area contributed by atoms with Crippen LogP contribution in [0.5, 0.6) is 0 Å². The first-order chi connectivity index (χ1) is 17.5. The molecule has 3 heterocycles. The van der Waals surface area contributed by atoms with E-state index in [4.69, 9.17) is 4.74 Å².